The Morgan fingerprint density at radius 1 is 0.769 bits per heavy atom. The normalized spacial score (nSPS) is 15.0. The molecule has 0 radical (unpaired) electrons. The largest absolute Gasteiger partial charge is 0.493 e. The number of hydrogen-bond acceptors (Lipinski definition) is 8. The van der Waals surface area contributed by atoms with Gasteiger partial charge in [-0.05, 0) is 42.2 Å². The monoisotopic (exact) mass is 544 g/mol. The quantitative estimate of drug-likeness (QED) is 0.124. The van der Waals surface area contributed by atoms with Crippen LogP contribution in [0.3, 0.4) is 0 Å². The summed E-state index contributed by atoms with van der Waals surface area (Å²) < 4.78 is 11.8. The lowest BCUT2D eigenvalue weighted by Gasteiger charge is -2.29. The number of hydrogen-bond donors (Lipinski definition) is 6. The van der Waals surface area contributed by atoms with E-state index in [1.165, 1.54) is 0 Å². The van der Waals surface area contributed by atoms with Gasteiger partial charge in [0.15, 0.2) is 0 Å². The van der Waals surface area contributed by atoms with Gasteiger partial charge >= 0.3 is 0 Å². The summed E-state index contributed by atoms with van der Waals surface area (Å²) in [6, 6.07) is 15.0. The zero-order valence-electron chi connectivity index (χ0n) is 22.9. The van der Waals surface area contributed by atoms with E-state index in [4.69, 9.17) is 14.6 Å². The Balaban J connectivity index is 2.37. The van der Waals surface area contributed by atoms with Crippen molar-refractivity contribution in [3.8, 4) is 11.5 Å². The van der Waals surface area contributed by atoms with Crippen LogP contribution in [0.25, 0.3) is 0 Å². The lowest BCUT2D eigenvalue weighted by atomic mass is 9.91. The Labute approximate surface area is 231 Å². The van der Waals surface area contributed by atoms with Gasteiger partial charge in [0.05, 0.1) is 19.8 Å². The van der Waals surface area contributed by atoms with Crippen molar-refractivity contribution in [1.82, 2.24) is 0 Å². The molecule has 0 saturated carbocycles. The third-order valence-corrected chi connectivity index (χ3v) is 6.41. The van der Waals surface area contributed by atoms with Crippen LogP contribution < -0.4 is 9.47 Å². The maximum absolute atomic E-state index is 11.1. The maximum atomic E-state index is 11.1. The van der Waals surface area contributed by atoms with E-state index < -0.39 is 37.1 Å². The Morgan fingerprint density at radius 3 is 1.87 bits per heavy atom. The zero-order valence-corrected chi connectivity index (χ0v) is 22.9. The highest BCUT2D eigenvalue weighted by Gasteiger charge is 2.35. The molecule has 5 atom stereocenters. The summed E-state index contributed by atoms with van der Waals surface area (Å²) in [5, 5.41) is 61.0. The number of aliphatic hydroxyl groups excluding tert-OH is 6. The van der Waals surface area contributed by atoms with Crippen LogP contribution in [0.4, 0.5) is 0 Å². The van der Waals surface area contributed by atoms with Gasteiger partial charge in [-0.2, -0.15) is 0 Å². The van der Waals surface area contributed by atoms with Crippen LogP contribution in [0, 0.1) is 0 Å². The SMILES string of the molecule is CCCCOc1ccccc1CC=C=C(Cc1ccccc1OCCCC)C(O)[C@@H](O)[C@@H](O)[C@H](O)[C@@H](O)CO. The first-order valence-electron chi connectivity index (χ1n) is 13.7. The molecule has 216 valence electrons. The van der Waals surface area contributed by atoms with Crippen LogP contribution in [0.2, 0.25) is 0 Å². The van der Waals surface area contributed by atoms with Gasteiger partial charge in [-0.3, -0.25) is 0 Å². The molecule has 2 aromatic carbocycles. The van der Waals surface area contributed by atoms with Gasteiger partial charge in [0.1, 0.15) is 42.0 Å². The first-order chi connectivity index (χ1) is 18.8. The van der Waals surface area contributed by atoms with Gasteiger partial charge in [0.2, 0.25) is 0 Å². The van der Waals surface area contributed by atoms with Gasteiger partial charge in [-0.15, -0.1) is 5.73 Å². The van der Waals surface area contributed by atoms with Gasteiger partial charge in [0.25, 0.3) is 0 Å². The molecular weight excluding hydrogens is 500 g/mol. The minimum absolute atomic E-state index is 0.150. The summed E-state index contributed by atoms with van der Waals surface area (Å²) in [4.78, 5) is 0. The molecule has 0 saturated heterocycles. The fourth-order valence-corrected chi connectivity index (χ4v) is 3.93. The van der Waals surface area contributed by atoms with Crippen LogP contribution in [0.5, 0.6) is 11.5 Å². The molecule has 2 aromatic rings. The molecule has 0 aliphatic carbocycles. The molecule has 0 amide bonds. The van der Waals surface area contributed by atoms with E-state index in [9.17, 15) is 25.5 Å². The molecule has 8 nitrogen and oxygen atoms in total. The van der Waals surface area contributed by atoms with Gasteiger partial charge < -0.3 is 40.1 Å². The second-order valence-corrected chi connectivity index (χ2v) is 9.54. The van der Waals surface area contributed by atoms with Crippen molar-refractivity contribution in [3.63, 3.8) is 0 Å². The van der Waals surface area contributed by atoms with Crippen molar-refractivity contribution in [1.29, 1.82) is 0 Å². The molecule has 39 heavy (non-hydrogen) atoms. The molecule has 0 heterocycles. The summed E-state index contributed by atoms with van der Waals surface area (Å²) in [5.41, 5.74) is 5.03. The highest BCUT2D eigenvalue weighted by Crippen LogP contribution is 2.25. The molecule has 0 aliphatic heterocycles. The predicted octanol–water partition coefficient (Wildman–Crippen LogP) is 2.71. The van der Waals surface area contributed by atoms with E-state index in [-0.39, 0.29) is 12.0 Å². The van der Waals surface area contributed by atoms with Crippen molar-refractivity contribution < 1.29 is 40.1 Å². The van der Waals surface area contributed by atoms with E-state index in [0.717, 1.165) is 42.6 Å². The van der Waals surface area contributed by atoms with Crippen LogP contribution in [-0.2, 0) is 12.8 Å². The van der Waals surface area contributed by atoms with Gasteiger partial charge in [0, 0.05) is 18.4 Å². The molecule has 6 N–H and O–H groups in total. The van der Waals surface area contributed by atoms with E-state index in [2.05, 4.69) is 19.6 Å². The summed E-state index contributed by atoms with van der Waals surface area (Å²) in [7, 11) is 0. The highest BCUT2D eigenvalue weighted by atomic mass is 16.5. The van der Waals surface area contributed by atoms with E-state index in [0.29, 0.717) is 25.4 Å². The molecule has 0 fully saturated rings. The summed E-state index contributed by atoms with van der Waals surface area (Å²) >= 11 is 0. The average molecular weight is 545 g/mol. The first kappa shape index (κ1) is 32.5. The topological polar surface area (TPSA) is 140 Å². The number of para-hydroxylation sites is 2. The third kappa shape index (κ3) is 10.4. The number of benzene rings is 2. The first-order valence-corrected chi connectivity index (χ1v) is 13.7. The highest BCUT2D eigenvalue weighted by molar-refractivity contribution is 5.38. The molecule has 0 aromatic heterocycles. The van der Waals surface area contributed by atoms with Crippen molar-refractivity contribution in [2.75, 3.05) is 19.8 Å². The van der Waals surface area contributed by atoms with Crippen molar-refractivity contribution >= 4 is 0 Å². The molecule has 2 rings (SSSR count). The van der Waals surface area contributed by atoms with Crippen molar-refractivity contribution in [3.05, 3.63) is 77.0 Å². The molecular formula is C31H44O8. The minimum atomic E-state index is -1.91. The molecule has 0 spiro atoms. The maximum Gasteiger partial charge on any atom is 0.122 e. The number of ether oxygens (including phenoxy) is 2. The Bertz CT molecular complexity index is 1030. The molecule has 0 aliphatic rings. The van der Waals surface area contributed by atoms with Crippen molar-refractivity contribution in [2.24, 2.45) is 0 Å². The van der Waals surface area contributed by atoms with Crippen molar-refractivity contribution in [2.45, 2.75) is 82.9 Å². The molecule has 8 heteroatoms. The average Bonchev–Trinajstić information content (AvgIpc) is 2.96. The summed E-state index contributed by atoms with van der Waals surface area (Å²) in [6.07, 6.45) is -2.80. The number of aliphatic hydroxyl groups is 6. The molecule has 1 unspecified atom stereocenters. The van der Waals surface area contributed by atoms with Gasteiger partial charge in [-0.1, -0.05) is 63.1 Å². The minimum Gasteiger partial charge on any atom is -0.493 e. The second kappa shape index (κ2) is 17.8. The van der Waals surface area contributed by atoms with E-state index >= 15 is 0 Å². The van der Waals surface area contributed by atoms with Gasteiger partial charge in [-0.25, -0.2) is 0 Å². The smallest absolute Gasteiger partial charge is 0.122 e. The predicted molar refractivity (Wildman–Crippen MR) is 150 cm³/mol. The summed E-state index contributed by atoms with van der Waals surface area (Å²) in [5.74, 6) is 1.40. The van der Waals surface area contributed by atoms with Crippen LogP contribution in [0.15, 0.2) is 65.9 Å². The lowest BCUT2D eigenvalue weighted by Crippen LogP contribution is -2.50. The fraction of sp³-hybridized carbons (Fsp3) is 0.516. The van der Waals surface area contributed by atoms with E-state index in [1.807, 2.05) is 48.5 Å². The lowest BCUT2D eigenvalue weighted by molar-refractivity contribution is -0.134. The van der Waals surface area contributed by atoms with Crippen LogP contribution in [0.1, 0.15) is 50.7 Å². The number of rotatable bonds is 18. The molecule has 0 bridgehead atoms. The second-order valence-electron chi connectivity index (χ2n) is 9.54. The fourth-order valence-electron chi connectivity index (χ4n) is 3.93. The Hall–Kier alpha value is -2.68. The Morgan fingerprint density at radius 2 is 1.31 bits per heavy atom. The van der Waals surface area contributed by atoms with Crippen LogP contribution >= 0.6 is 0 Å². The standard InChI is InChI=1S/C31H44O8/c1-3-5-18-38-26-16-9-7-12-22(26)14-11-15-24(28(34)30(36)31(37)29(35)25(33)21-32)20-23-13-8-10-17-27(23)39-19-6-4-2/h7-13,16-17,25,28-37H,3-6,14,18-21H2,1-2H3/t15?,25-,28?,29+,30+,31-/m0/s1. The zero-order chi connectivity index (χ0) is 28.6. The Kier molecular flexibility index (Phi) is 14.9. The van der Waals surface area contributed by atoms with Crippen LogP contribution in [-0.4, -0.2) is 81.0 Å². The summed E-state index contributed by atoms with van der Waals surface area (Å²) in [6.45, 7) is 4.49. The van der Waals surface area contributed by atoms with E-state index in [1.54, 1.807) is 6.08 Å². The third-order valence-electron chi connectivity index (χ3n) is 6.41. The number of unbranched alkanes of at least 4 members (excludes halogenated alkanes) is 2.